The number of aromatic nitrogens is 2. The summed E-state index contributed by atoms with van der Waals surface area (Å²) < 4.78 is 30.8. The van der Waals surface area contributed by atoms with Gasteiger partial charge in [0.05, 0.1) is 16.7 Å². The summed E-state index contributed by atoms with van der Waals surface area (Å²) in [5.41, 5.74) is 6.47. The van der Waals surface area contributed by atoms with Gasteiger partial charge in [0.25, 0.3) is 10.1 Å². The monoisotopic (exact) mass is 685 g/mol. The first kappa shape index (κ1) is 39.8. The minimum Gasteiger partial charge on any atom is -0.289 e. The average Bonchev–Trinajstić information content (AvgIpc) is 3.57. The van der Waals surface area contributed by atoms with E-state index in [1.54, 1.807) is 17.6 Å². The molecule has 0 aliphatic carbocycles. The molecule has 0 spiro atoms. The molecule has 0 aliphatic rings. The lowest BCUT2D eigenvalue weighted by Gasteiger charge is -2.31. The third-order valence-electron chi connectivity index (χ3n) is 7.33. The summed E-state index contributed by atoms with van der Waals surface area (Å²) in [6, 6.07) is 15.8. The van der Waals surface area contributed by atoms with E-state index in [2.05, 4.69) is 10.4 Å². The van der Waals surface area contributed by atoms with Gasteiger partial charge in [-0.2, -0.15) is 8.42 Å². The van der Waals surface area contributed by atoms with E-state index >= 15 is 0 Å². The number of nitrogens with zero attached hydrogens (tertiary/aromatic N) is 3. The van der Waals surface area contributed by atoms with Gasteiger partial charge in [-0.05, 0) is 62.1 Å². The Kier molecular flexibility index (Phi) is 16.1. The molecule has 48 heavy (non-hydrogen) atoms. The fourth-order valence-corrected chi connectivity index (χ4v) is 5.43. The zero-order chi connectivity index (χ0) is 35.9. The Morgan fingerprint density at radius 1 is 0.917 bits per heavy atom. The van der Waals surface area contributed by atoms with Gasteiger partial charge in [0, 0.05) is 18.9 Å². The highest BCUT2D eigenvalue weighted by Crippen LogP contribution is 2.27. The zero-order valence-corrected chi connectivity index (χ0v) is 28.9. The fourth-order valence-electron chi connectivity index (χ4n) is 4.95. The van der Waals surface area contributed by atoms with Crippen LogP contribution in [0.15, 0.2) is 78.2 Å². The highest BCUT2D eigenvalue weighted by Gasteiger charge is 2.35. The van der Waals surface area contributed by atoms with Crippen LogP contribution in [0.5, 0.6) is 0 Å². The Labute approximate surface area is 282 Å². The quantitative estimate of drug-likeness (QED) is 0.0821. The van der Waals surface area contributed by atoms with Crippen molar-refractivity contribution in [1.82, 2.24) is 25.5 Å². The van der Waals surface area contributed by atoms with Crippen LogP contribution in [0.2, 0.25) is 0 Å². The number of rotatable bonds is 14. The summed E-state index contributed by atoms with van der Waals surface area (Å²) in [5.74, 6) is -3.64. The molecule has 1 aromatic heterocycles. The normalized spacial score (nSPS) is 12.4. The Hall–Kier alpha value is -4.40. The molecule has 0 aliphatic heterocycles. The molecule has 0 saturated carbocycles. The van der Waals surface area contributed by atoms with E-state index < -0.39 is 52.0 Å². The van der Waals surface area contributed by atoms with Gasteiger partial charge in [-0.25, -0.2) is 10.5 Å². The van der Waals surface area contributed by atoms with Gasteiger partial charge < -0.3 is 0 Å². The van der Waals surface area contributed by atoms with Gasteiger partial charge in [-0.1, -0.05) is 75.7 Å². The largest absolute Gasteiger partial charge is 0.294 e. The van der Waals surface area contributed by atoms with Crippen molar-refractivity contribution in [3.05, 3.63) is 84.4 Å². The SMILES string of the molecule is CC(C)C[C@@H](C(=O)NN(CC(C)C)C(=O)CC(=O)n1ccnc1)[C@H](CCCc1ccccc1)C(=O)NO.Cc1ccc(S(=O)(=O)O)cc1. The Morgan fingerprint density at radius 3 is 2.08 bits per heavy atom. The summed E-state index contributed by atoms with van der Waals surface area (Å²) in [6.45, 7) is 9.70. The van der Waals surface area contributed by atoms with Crippen LogP contribution >= 0.6 is 0 Å². The Balaban J connectivity index is 0.000000613. The van der Waals surface area contributed by atoms with Crippen molar-refractivity contribution in [2.45, 2.75) is 71.6 Å². The lowest BCUT2D eigenvalue weighted by atomic mass is 9.81. The molecule has 0 unspecified atom stereocenters. The van der Waals surface area contributed by atoms with Crippen molar-refractivity contribution in [2.75, 3.05) is 6.54 Å². The molecule has 2 atom stereocenters. The molecule has 2 aromatic carbocycles. The fraction of sp³-hybridized carbons (Fsp3) is 0.441. The van der Waals surface area contributed by atoms with E-state index in [4.69, 9.17) is 4.55 Å². The van der Waals surface area contributed by atoms with Crippen LogP contribution in [0, 0.1) is 30.6 Å². The summed E-state index contributed by atoms with van der Waals surface area (Å²) in [7, 11) is -4.02. The van der Waals surface area contributed by atoms with E-state index in [-0.39, 0.29) is 23.3 Å². The first-order chi connectivity index (χ1) is 22.6. The van der Waals surface area contributed by atoms with E-state index in [1.807, 2.05) is 65.0 Å². The summed E-state index contributed by atoms with van der Waals surface area (Å²) in [5, 5.41) is 10.6. The van der Waals surface area contributed by atoms with Gasteiger partial charge in [0.1, 0.15) is 12.7 Å². The van der Waals surface area contributed by atoms with Crippen LogP contribution in [-0.2, 0) is 30.9 Å². The van der Waals surface area contributed by atoms with Crippen molar-refractivity contribution in [2.24, 2.45) is 23.7 Å². The third kappa shape index (κ3) is 13.8. The van der Waals surface area contributed by atoms with Crippen molar-refractivity contribution >= 4 is 33.7 Å². The Morgan fingerprint density at radius 2 is 1.56 bits per heavy atom. The van der Waals surface area contributed by atoms with Gasteiger partial charge in [0.2, 0.25) is 23.6 Å². The van der Waals surface area contributed by atoms with Crippen LogP contribution in [0.4, 0.5) is 0 Å². The lowest BCUT2D eigenvalue weighted by molar-refractivity contribution is -0.147. The highest BCUT2D eigenvalue weighted by atomic mass is 32.2. The number of hydrogen-bond acceptors (Lipinski definition) is 8. The predicted octanol–water partition coefficient (Wildman–Crippen LogP) is 4.48. The zero-order valence-electron chi connectivity index (χ0n) is 28.1. The molecule has 1 heterocycles. The first-order valence-electron chi connectivity index (χ1n) is 15.8. The van der Waals surface area contributed by atoms with Crippen molar-refractivity contribution in [1.29, 1.82) is 0 Å². The number of hydrogen-bond donors (Lipinski definition) is 4. The van der Waals surface area contributed by atoms with Gasteiger partial charge in [-0.3, -0.25) is 43.9 Å². The maximum Gasteiger partial charge on any atom is 0.294 e. The van der Waals surface area contributed by atoms with E-state index in [9.17, 15) is 32.8 Å². The number of carbonyl (C=O) groups excluding carboxylic acids is 4. The second-order valence-corrected chi connectivity index (χ2v) is 13.8. The molecule has 0 radical (unpaired) electrons. The maximum atomic E-state index is 13.5. The van der Waals surface area contributed by atoms with Crippen LogP contribution in [0.3, 0.4) is 0 Å². The molecule has 0 saturated heterocycles. The summed E-state index contributed by atoms with van der Waals surface area (Å²) >= 11 is 0. The predicted molar refractivity (Wildman–Crippen MR) is 179 cm³/mol. The molecule has 3 amide bonds. The maximum absolute atomic E-state index is 13.5. The van der Waals surface area contributed by atoms with E-state index in [0.29, 0.717) is 19.3 Å². The molecule has 262 valence electrons. The van der Waals surface area contributed by atoms with Crippen molar-refractivity contribution < 1.29 is 37.4 Å². The van der Waals surface area contributed by atoms with E-state index in [1.165, 1.54) is 35.4 Å². The molecular formula is C34H47N5O8S. The minimum absolute atomic E-state index is 0.0126. The molecule has 0 fully saturated rings. The molecule has 4 N–H and O–H groups in total. The molecule has 0 bridgehead atoms. The minimum atomic E-state index is -4.02. The number of hydroxylamine groups is 1. The van der Waals surface area contributed by atoms with Crippen LogP contribution in [0.1, 0.15) is 69.3 Å². The van der Waals surface area contributed by atoms with Gasteiger partial charge in [-0.15, -0.1) is 0 Å². The standard InChI is InChI=1S/C27H39N5O5.C7H8O3S/c1-19(2)15-23(22(27(36)30-37)12-8-11-21-9-6-5-7-10-21)26(35)29-32(17-20(3)4)25(34)16-24(33)31-14-13-28-18-31;1-6-2-4-7(5-3-6)11(8,9)10/h5-7,9-10,13-14,18-20,22-23,37H,8,11-12,15-17H2,1-4H3,(H,29,35)(H,30,36);2-5H,1H3,(H,8,9,10)/t22-,23+;/m0./s1. The topological polar surface area (TPSA) is 188 Å². The number of aryl methyl sites for hydroxylation is 2. The summed E-state index contributed by atoms with van der Waals surface area (Å²) in [6.07, 6.45) is 5.88. The lowest BCUT2D eigenvalue weighted by Crippen LogP contribution is -2.52. The number of benzene rings is 2. The summed E-state index contributed by atoms with van der Waals surface area (Å²) in [4.78, 5) is 55.4. The average molecular weight is 686 g/mol. The third-order valence-corrected chi connectivity index (χ3v) is 8.19. The second-order valence-electron chi connectivity index (χ2n) is 12.4. The Bertz CT molecular complexity index is 1560. The smallest absolute Gasteiger partial charge is 0.289 e. The number of carbonyl (C=O) groups is 4. The second kappa shape index (κ2) is 19.4. The molecular weight excluding hydrogens is 638 g/mol. The van der Waals surface area contributed by atoms with Gasteiger partial charge >= 0.3 is 0 Å². The van der Waals surface area contributed by atoms with Gasteiger partial charge in [0.15, 0.2) is 0 Å². The highest BCUT2D eigenvalue weighted by molar-refractivity contribution is 7.85. The van der Waals surface area contributed by atoms with Crippen LogP contribution < -0.4 is 10.9 Å². The molecule has 3 rings (SSSR count). The molecule has 3 aromatic rings. The number of amides is 3. The van der Waals surface area contributed by atoms with Crippen LogP contribution in [0.25, 0.3) is 0 Å². The molecule has 14 heteroatoms. The number of nitrogens with one attached hydrogen (secondary N) is 2. The number of imidazole rings is 1. The first-order valence-corrected chi connectivity index (χ1v) is 17.2. The molecule has 13 nitrogen and oxygen atoms in total. The van der Waals surface area contributed by atoms with Crippen molar-refractivity contribution in [3.8, 4) is 0 Å². The number of hydrazine groups is 1. The van der Waals surface area contributed by atoms with Crippen LogP contribution in [-0.4, -0.2) is 62.9 Å². The van der Waals surface area contributed by atoms with E-state index in [0.717, 1.165) is 22.6 Å². The van der Waals surface area contributed by atoms with Crippen molar-refractivity contribution in [3.63, 3.8) is 0 Å².